The summed E-state index contributed by atoms with van der Waals surface area (Å²) in [6.45, 7) is 2.26. The summed E-state index contributed by atoms with van der Waals surface area (Å²) in [6, 6.07) is 9.48. The third kappa shape index (κ3) is 1.17. The first-order chi connectivity index (χ1) is 6.95. The van der Waals surface area contributed by atoms with Gasteiger partial charge in [-0.15, -0.1) is 0 Å². The topological polar surface area (TPSA) is 15.3 Å². The van der Waals surface area contributed by atoms with Crippen LogP contribution in [0, 0.1) is 0 Å². The summed E-state index contributed by atoms with van der Waals surface area (Å²) in [6.07, 6.45) is 4.18. The van der Waals surface area contributed by atoms with Crippen molar-refractivity contribution in [2.45, 2.75) is 25.3 Å². The quantitative estimate of drug-likeness (QED) is 0.728. The number of fused-ring (bicyclic) bond motifs is 1. The van der Waals surface area contributed by atoms with Crippen LogP contribution >= 0.6 is 0 Å². The second kappa shape index (κ2) is 3.19. The van der Waals surface area contributed by atoms with Crippen LogP contribution in [0.4, 0.5) is 11.4 Å². The van der Waals surface area contributed by atoms with E-state index in [1.165, 1.54) is 37.2 Å². The van der Waals surface area contributed by atoms with Gasteiger partial charge in [0.15, 0.2) is 0 Å². The van der Waals surface area contributed by atoms with Crippen molar-refractivity contribution >= 4 is 11.4 Å². The van der Waals surface area contributed by atoms with Crippen LogP contribution in [0.5, 0.6) is 0 Å². The largest absolute Gasteiger partial charge is 0.382 e. The van der Waals surface area contributed by atoms with E-state index >= 15 is 0 Å². The highest BCUT2D eigenvalue weighted by molar-refractivity contribution is 5.72. The number of anilines is 2. The maximum atomic E-state index is 3.45. The zero-order chi connectivity index (χ0) is 9.38. The first-order valence-corrected chi connectivity index (χ1v) is 5.55. The molecule has 74 valence electrons. The minimum absolute atomic E-state index is 0.818. The van der Waals surface area contributed by atoms with Crippen LogP contribution in [0.15, 0.2) is 24.3 Å². The van der Waals surface area contributed by atoms with Gasteiger partial charge in [0.2, 0.25) is 0 Å². The zero-order valence-corrected chi connectivity index (χ0v) is 8.37. The molecule has 1 aliphatic heterocycles. The Bertz CT molecular complexity index is 331. The molecule has 1 aromatic carbocycles. The lowest BCUT2D eigenvalue weighted by molar-refractivity contribution is 0.387. The summed E-state index contributed by atoms with van der Waals surface area (Å²) >= 11 is 0. The fraction of sp³-hybridized carbons (Fsp3) is 0.500. The van der Waals surface area contributed by atoms with Crippen LogP contribution in [0.25, 0.3) is 0 Å². The van der Waals surface area contributed by atoms with E-state index in [1.807, 2.05) is 0 Å². The first-order valence-electron chi connectivity index (χ1n) is 5.55. The molecule has 0 atom stereocenters. The third-order valence-corrected chi connectivity index (χ3v) is 3.40. The Morgan fingerprint density at radius 1 is 1.21 bits per heavy atom. The van der Waals surface area contributed by atoms with Crippen LogP contribution in [0.3, 0.4) is 0 Å². The molecule has 0 aromatic heterocycles. The van der Waals surface area contributed by atoms with Gasteiger partial charge in [-0.2, -0.15) is 0 Å². The Morgan fingerprint density at radius 3 is 2.86 bits per heavy atom. The number of benzene rings is 1. The zero-order valence-electron chi connectivity index (χ0n) is 8.37. The van der Waals surface area contributed by atoms with Crippen molar-refractivity contribution in [1.29, 1.82) is 0 Å². The molecule has 1 heterocycles. The second-order valence-corrected chi connectivity index (χ2v) is 4.22. The average Bonchev–Trinajstić information content (AvgIpc) is 2.16. The first kappa shape index (κ1) is 8.16. The maximum Gasteiger partial charge on any atom is 0.0605 e. The highest BCUT2D eigenvalue weighted by Gasteiger charge is 2.27. The summed E-state index contributed by atoms with van der Waals surface area (Å²) in [5.41, 5.74) is 2.72. The molecule has 0 unspecified atom stereocenters. The Morgan fingerprint density at radius 2 is 2.07 bits per heavy atom. The highest BCUT2D eigenvalue weighted by Crippen LogP contribution is 2.35. The van der Waals surface area contributed by atoms with E-state index in [0.29, 0.717) is 0 Å². The van der Waals surface area contributed by atoms with Gasteiger partial charge in [0.25, 0.3) is 0 Å². The molecule has 0 amide bonds. The summed E-state index contributed by atoms with van der Waals surface area (Å²) < 4.78 is 0. The van der Waals surface area contributed by atoms with Gasteiger partial charge in [-0.25, -0.2) is 0 Å². The van der Waals surface area contributed by atoms with Crippen LogP contribution in [0.1, 0.15) is 19.3 Å². The van der Waals surface area contributed by atoms with E-state index < -0.39 is 0 Å². The van der Waals surface area contributed by atoms with Gasteiger partial charge in [-0.05, 0) is 31.4 Å². The number of hydrogen-bond donors (Lipinski definition) is 1. The van der Waals surface area contributed by atoms with Gasteiger partial charge in [0.05, 0.1) is 11.4 Å². The fourth-order valence-electron chi connectivity index (χ4n) is 2.38. The van der Waals surface area contributed by atoms with Crippen molar-refractivity contribution in [1.82, 2.24) is 0 Å². The predicted octanol–water partition coefficient (Wildman–Crippen LogP) is 2.47. The molecule has 14 heavy (non-hydrogen) atoms. The van der Waals surface area contributed by atoms with E-state index in [4.69, 9.17) is 0 Å². The highest BCUT2D eigenvalue weighted by atomic mass is 15.2. The minimum Gasteiger partial charge on any atom is -0.382 e. The van der Waals surface area contributed by atoms with E-state index in [0.717, 1.165) is 12.6 Å². The molecular formula is C12H16N2. The lowest BCUT2D eigenvalue weighted by Crippen LogP contribution is -2.45. The van der Waals surface area contributed by atoms with Crippen LogP contribution < -0.4 is 10.2 Å². The number of rotatable bonds is 1. The SMILES string of the molecule is c1ccc2c(c1)NCCN2C1CCC1. The molecule has 1 fully saturated rings. The molecule has 1 N–H and O–H groups in total. The molecule has 0 bridgehead atoms. The molecule has 0 spiro atoms. The average molecular weight is 188 g/mol. The van der Waals surface area contributed by atoms with Crippen molar-refractivity contribution in [3.05, 3.63) is 24.3 Å². The van der Waals surface area contributed by atoms with E-state index in [1.54, 1.807) is 0 Å². The van der Waals surface area contributed by atoms with Gasteiger partial charge in [-0.3, -0.25) is 0 Å². The van der Waals surface area contributed by atoms with Crippen molar-refractivity contribution in [3.63, 3.8) is 0 Å². The van der Waals surface area contributed by atoms with Crippen LogP contribution in [-0.2, 0) is 0 Å². The van der Waals surface area contributed by atoms with Gasteiger partial charge in [-0.1, -0.05) is 12.1 Å². The Balaban J connectivity index is 1.93. The molecule has 0 saturated heterocycles. The molecule has 1 aliphatic carbocycles. The Labute approximate surface area is 84.9 Å². The molecule has 1 aromatic rings. The van der Waals surface area contributed by atoms with Gasteiger partial charge in [0.1, 0.15) is 0 Å². The van der Waals surface area contributed by atoms with Crippen LogP contribution in [0.2, 0.25) is 0 Å². The summed E-state index contributed by atoms with van der Waals surface area (Å²) in [4.78, 5) is 2.58. The number of nitrogens with one attached hydrogen (secondary N) is 1. The lowest BCUT2D eigenvalue weighted by Gasteiger charge is -2.42. The predicted molar refractivity (Wildman–Crippen MR) is 59.9 cm³/mol. The molecule has 2 heteroatoms. The minimum atomic E-state index is 0.818. The maximum absolute atomic E-state index is 3.45. The summed E-state index contributed by atoms with van der Waals surface area (Å²) in [7, 11) is 0. The van der Waals surface area contributed by atoms with Crippen molar-refractivity contribution in [3.8, 4) is 0 Å². The normalized spacial score (nSPS) is 21.0. The van der Waals surface area contributed by atoms with E-state index in [2.05, 4.69) is 34.5 Å². The summed E-state index contributed by atoms with van der Waals surface area (Å²) in [5, 5.41) is 3.45. The number of para-hydroxylation sites is 2. The second-order valence-electron chi connectivity index (χ2n) is 4.22. The fourth-order valence-corrected chi connectivity index (χ4v) is 2.38. The molecule has 1 saturated carbocycles. The molecule has 0 radical (unpaired) electrons. The third-order valence-electron chi connectivity index (χ3n) is 3.40. The van der Waals surface area contributed by atoms with Crippen molar-refractivity contribution in [2.24, 2.45) is 0 Å². The lowest BCUT2D eigenvalue weighted by atomic mass is 9.90. The van der Waals surface area contributed by atoms with Gasteiger partial charge < -0.3 is 10.2 Å². The van der Waals surface area contributed by atoms with E-state index in [-0.39, 0.29) is 0 Å². The van der Waals surface area contributed by atoms with E-state index in [9.17, 15) is 0 Å². The molecule has 3 rings (SSSR count). The van der Waals surface area contributed by atoms with Crippen molar-refractivity contribution < 1.29 is 0 Å². The summed E-state index contributed by atoms with van der Waals surface area (Å²) in [5.74, 6) is 0. The van der Waals surface area contributed by atoms with Gasteiger partial charge in [0, 0.05) is 19.1 Å². The molecular weight excluding hydrogens is 172 g/mol. The number of hydrogen-bond acceptors (Lipinski definition) is 2. The van der Waals surface area contributed by atoms with Gasteiger partial charge >= 0.3 is 0 Å². The standard InChI is InChI=1S/C12H16N2/c1-2-7-12-11(6-1)13-8-9-14(12)10-4-3-5-10/h1-2,6-7,10,13H,3-5,8-9H2. The smallest absolute Gasteiger partial charge is 0.0605 e. The molecule has 2 nitrogen and oxygen atoms in total. The van der Waals surface area contributed by atoms with Crippen LogP contribution in [-0.4, -0.2) is 19.1 Å². The Kier molecular flexibility index (Phi) is 1.86. The Hall–Kier alpha value is -1.18. The van der Waals surface area contributed by atoms with Crippen molar-refractivity contribution in [2.75, 3.05) is 23.3 Å². The molecule has 2 aliphatic rings. The monoisotopic (exact) mass is 188 g/mol. The number of nitrogens with zero attached hydrogens (tertiary/aromatic N) is 1.